The summed E-state index contributed by atoms with van der Waals surface area (Å²) in [4.78, 5) is 0. The molecule has 2 heterocycles. The van der Waals surface area contributed by atoms with Crippen molar-refractivity contribution in [1.82, 2.24) is 5.32 Å². The van der Waals surface area contributed by atoms with Crippen LogP contribution in [0.15, 0.2) is 15.2 Å². The lowest BCUT2D eigenvalue weighted by molar-refractivity contribution is 0.512. The molecule has 0 aromatic carbocycles. The van der Waals surface area contributed by atoms with Crippen molar-refractivity contribution in [2.75, 3.05) is 5.75 Å². The van der Waals surface area contributed by atoms with Gasteiger partial charge >= 0.3 is 0 Å². The molecule has 13 heavy (non-hydrogen) atoms. The zero-order valence-electron chi connectivity index (χ0n) is 7.42. The fraction of sp³-hybridized carbons (Fsp3) is 0.556. The molecule has 0 radical (unpaired) electrons. The van der Waals surface area contributed by atoms with Gasteiger partial charge in [0, 0.05) is 21.5 Å². The average Bonchev–Trinajstić information content (AvgIpc) is 2.51. The smallest absolute Gasteiger partial charge is 0.0810 e. The maximum absolute atomic E-state index is 3.60. The van der Waals surface area contributed by atoms with Gasteiger partial charge in [0.15, 0.2) is 0 Å². The molecule has 1 aliphatic rings. The highest BCUT2D eigenvalue weighted by Crippen LogP contribution is 2.37. The molecule has 0 aliphatic carbocycles. The highest BCUT2D eigenvalue weighted by molar-refractivity contribution is 9.10. The minimum absolute atomic E-state index is 0.490. The van der Waals surface area contributed by atoms with Crippen molar-refractivity contribution in [3.05, 3.63) is 20.8 Å². The summed E-state index contributed by atoms with van der Waals surface area (Å²) in [6, 6.07) is 0.651. The van der Waals surface area contributed by atoms with Crippen LogP contribution in [0.3, 0.4) is 0 Å². The van der Waals surface area contributed by atoms with Gasteiger partial charge in [0.1, 0.15) is 0 Å². The summed E-state index contributed by atoms with van der Waals surface area (Å²) in [5.74, 6) is 1.27. The Morgan fingerprint density at radius 2 is 2.38 bits per heavy atom. The molecule has 2 atom stereocenters. The molecule has 0 bridgehead atoms. The van der Waals surface area contributed by atoms with E-state index in [1.54, 1.807) is 11.3 Å². The van der Waals surface area contributed by atoms with Gasteiger partial charge in [-0.3, -0.25) is 5.32 Å². The van der Waals surface area contributed by atoms with Crippen LogP contribution in [0, 0.1) is 0 Å². The minimum atomic E-state index is 0.490. The topological polar surface area (TPSA) is 12.0 Å². The molecule has 2 rings (SSSR count). The molecule has 1 aliphatic heterocycles. The van der Waals surface area contributed by atoms with E-state index >= 15 is 0 Å². The maximum Gasteiger partial charge on any atom is 0.0810 e. The van der Waals surface area contributed by atoms with Gasteiger partial charge in [-0.05, 0) is 40.4 Å². The second kappa shape index (κ2) is 4.34. The Hall–Kier alpha value is 0.490. The average molecular weight is 278 g/mol. The van der Waals surface area contributed by atoms with E-state index in [-0.39, 0.29) is 0 Å². The highest BCUT2D eigenvalue weighted by Gasteiger charge is 2.21. The van der Waals surface area contributed by atoms with Crippen molar-refractivity contribution in [2.24, 2.45) is 0 Å². The molecule has 2 unspecified atom stereocenters. The van der Waals surface area contributed by atoms with Gasteiger partial charge in [-0.2, -0.15) is 11.3 Å². The second-order valence-corrected chi connectivity index (χ2v) is 6.09. The number of thiophene rings is 1. The SMILES string of the molecule is CC1CCSC(c2cscc2Br)N1. The Kier molecular flexibility index (Phi) is 3.35. The van der Waals surface area contributed by atoms with Crippen molar-refractivity contribution >= 4 is 39.0 Å². The minimum Gasteiger partial charge on any atom is -0.299 e. The summed E-state index contributed by atoms with van der Waals surface area (Å²) in [6.07, 6.45) is 1.28. The lowest BCUT2D eigenvalue weighted by Gasteiger charge is -2.28. The third-order valence-corrected chi connectivity index (χ3v) is 5.14. The van der Waals surface area contributed by atoms with Crippen LogP contribution in [0.4, 0.5) is 0 Å². The van der Waals surface area contributed by atoms with Crippen molar-refractivity contribution < 1.29 is 0 Å². The van der Waals surface area contributed by atoms with Crippen LogP contribution in [-0.4, -0.2) is 11.8 Å². The van der Waals surface area contributed by atoms with Crippen molar-refractivity contribution in [2.45, 2.75) is 24.8 Å². The standard InChI is InChI=1S/C9H12BrNS2/c1-6-2-3-13-9(11-6)7-4-12-5-8(7)10/h4-6,9,11H,2-3H2,1H3. The summed E-state index contributed by atoms with van der Waals surface area (Å²) in [5.41, 5.74) is 1.40. The number of nitrogens with one attached hydrogen (secondary N) is 1. The molecule has 1 N–H and O–H groups in total. The first kappa shape index (κ1) is 10.0. The summed E-state index contributed by atoms with van der Waals surface area (Å²) in [6.45, 7) is 2.26. The fourth-order valence-corrected chi connectivity index (χ4v) is 4.63. The second-order valence-electron chi connectivity index (χ2n) is 3.28. The summed E-state index contributed by atoms with van der Waals surface area (Å²) < 4.78 is 1.25. The number of hydrogen-bond acceptors (Lipinski definition) is 3. The van der Waals surface area contributed by atoms with Crippen LogP contribution in [0.5, 0.6) is 0 Å². The van der Waals surface area contributed by atoms with E-state index in [0.29, 0.717) is 11.4 Å². The Morgan fingerprint density at radius 1 is 1.54 bits per heavy atom. The zero-order chi connectivity index (χ0) is 9.26. The number of rotatable bonds is 1. The first-order valence-electron chi connectivity index (χ1n) is 4.36. The van der Waals surface area contributed by atoms with E-state index in [0.717, 1.165) is 0 Å². The monoisotopic (exact) mass is 277 g/mol. The first-order valence-corrected chi connectivity index (χ1v) is 7.15. The van der Waals surface area contributed by atoms with E-state index in [2.05, 4.69) is 38.9 Å². The predicted molar refractivity (Wildman–Crippen MR) is 64.4 cm³/mol. The van der Waals surface area contributed by atoms with E-state index in [9.17, 15) is 0 Å². The fourth-order valence-electron chi connectivity index (χ4n) is 1.41. The molecule has 1 saturated heterocycles. The zero-order valence-corrected chi connectivity index (χ0v) is 10.6. The van der Waals surface area contributed by atoms with Gasteiger partial charge < -0.3 is 0 Å². The summed E-state index contributed by atoms with van der Waals surface area (Å²) >= 11 is 7.34. The lowest BCUT2D eigenvalue weighted by atomic mass is 10.2. The third-order valence-electron chi connectivity index (χ3n) is 2.20. The molecule has 1 fully saturated rings. The van der Waals surface area contributed by atoms with Gasteiger partial charge in [-0.1, -0.05) is 0 Å². The molecule has 72 valence electrons. The Labute approximate surface area is 95.4 Å². The number of halogens is 1. The van der Waals surface area contributed by atoms with E-state index in [4.69, 9.17) is 0 Å². The van der Waals surface area contributed by atoms with Crippen LogP contribution in [0.1, 0.15) is 24.3 Å². The van der Waals surface area contributed by atoms with Crippen LogP contribution >= 0.6 is 39.0 Å². The molecule has 4 heteroatoms. The molecule has 1 aromatic heterocycles. The first-order chi connectivity index (χ1) is 6.27. The highest BCUT2D eigenvalue weighted by atomic mass is 79.9. The number of hydrogen-bond donors (Lipinski definition) is 1. The van der Waals surface area contributed by atoms with Crippen molar-refractivity contribution in [3.63, 3.8) is 0 Å². The van der Waals surface area contributed by atoms with Gasteiger partial charge in [-0.15, -0.1) is 11.8 Å². The van der Waals surface area contributed by atoms with Crippen molar-refractivity contribution in [1.29, 1.82) is 0 Å². The van der Waals surface area contributed by atoms with Gasteiger partial charge in [0.25, 0.3) is 0 Å². The molecular weight excluding hydrogens is 266 g/mol. The van der Waals surface area contributed by atoms with Crippen LogP contribution in [0.2, 0.25) is 0 Å². The van der Waals surface area contributed by atoms with Gasteiger partial charge in [0.2, 0.25) is 0 Å². The predicted octanol–water partition coefficient (Wildman–Crippen LogP) is 3.62. The third kappa shape index (κ3) is 2.29. The largest absolute Gasteiger partial charge is 0.299 e. The molecule has 1 nitrogen and oxygen atoms in total. The van der Waals surface area contributed by atoms with E-state index in [1.165, 1.54) is 22.2 Å². The van der Waals surface area contributed by atoms with Gasteiger partial charge in [-0.25, -0.2) is 0 Å². The van der Waals surface area contributed by atoms with E-state index < -0.39 is 0 Å². The normalized spacial score (nSPS) is 29.1. The molecule has 0 spiro atoms. The van der Waals surface area contributed by atoms with Crippen LogP contribution < -0.4 is 5.32 Å². The Balaban J connectivity index is 2.12. The Morgan fingerprint density at radius 3 is 3.00 bits per heavy atom. The molecule has 1 aromatic rings. The molecule has 0 saturated carbocycles. The van der Waals surface area contributed by atoms with Crippen LogP contribution in [-0.2, 0) is 0 Å². The van der Waals surface area contributed by atoms with E-state index in [1.807, 2.05) is 11.8 Å². The van der Waals surface area contributed by atoms with Gasteiger partial charge in [0.05, 0.1) is 5.37 Å². The Bertz CT molecular complexity index is 287. The quantitative estimate of drug-likeness (QED) is 0.842. The maximum atomic E-state index is 3.60. The van der Waals surface area contributed by atoms with Crippen molar-refractivity contribution in [3.8, 4) is 0 Å². The summed E-state index contributed by atoms with van der Waals surface area (Å²) in [7, 11) is 0. The lowest BCUT2D eigenvalue weighted by Crippen LogP contribution is -2.33. The van der Waals surface area contributed by atoms with Crippen LogP contribution in [0.25, 0.3) is 0 Å². The summed E-state index contributed by atoms with van der Waals surface area (Å²) in [5, 5.41) is 8.47. The molecular formula is C9H12BrNS2. The number of thioether (sulfide) groups is 1. The molecule has 0 amide bonds.